The van der Waals surface area contributed by atoms with Crippen LogP contribution < -0.4 is 5.32 Å². The van der Waals surface area contributed by atoms with Crippen LogP contribution >= 0.6 is 0 Å². The van der Waals surface area contributed by atoms with Gasteiger partial charge in [-0.05, 0) is 39.5 Å². The van der Waals surface area contributed by atoms with E-state index in [2.05, 4.69) is 17.3 Å². The van der Waals surface area contributed by atoms with Gasteiger partial charge in [0.05, 0.1) is 5.69 Å². The largest absolute Gasteiger partial charge is 0.341 e. The van der Waals surface area contributed by atoms with Gasteiger partial charge in [0.2, 0.25) is 5.91 Å². The van der Waals surface area contributed by atoms with Crippen molar-refractivity contribution in [2.45, 2.75) is 58.7 Å². The summed E-state index contributed by atoms with van der Waals surface area (Å²) in [6, 6.07) is 0.698. The molecule has 1 aromatic rings. The number of carbonyl (C=O) groups is 1. The third kappa shape index (κ3) is 2.87. The van der Waals surface area contributed by atoms with E-state index < -0.39 is 0 Å². The number of aryl methyl sites for hydroxylation is 1. The second kappa shape index (κ2) is 5.56. The van der Waals surface area contributed by atoms with Crippen LogP contribution in [0.15, 0.2) is 0 Å². The fourth-order valence-electron chi connectivity index (χ4n) is 2.87. The average molecular weight is 276 g/mol. The Labute approximate surface area is 120 Å². The molecule has 20 heavy (non-hydrogen) atoms. The molecule has 1 saturated carbocycles. The molecule has 0 atom stereocenters. The summed E-state index contributed by atoms with van der Waals surface area (Å²) in [5.74, 6) is 0.204. The fourth-order valence-corrected chi connectivity index (χ4v) is 2.87. The summed E-state index contributed by atoms with van der Waals surface area (Å²) < 4.78 is 1.87. The minimum absolute atomic E-state index is 0.204. The SMILES string of the molecule is Cc1nn(CC(=O)N2CCCC2)c(C)c1CNC1CC1. The van der Waals surface area contributed by atoms with Gasteiger partial charge in [0.25, 0.3) is 0 Å². The van der Waals surface area contributed by atoms with E-state index in [0.29, 0.717) is 12.6 Å². The molecule has 5 nitrogen and oxygen atoms in total. The van der Waals surface area contributed by atoms with Gasteiger partial charge in [-0.2, -0.15) is 5.10 Å². The molecule has 0 aromatic carbocycles. The Hall–Kier alpha value is -1.36. The van der Waals surface area contributed by atoms with Crippen molar-refractivity contribution >= 4 is 5.91 Å². The second-order valence-corrected chi connectivity index (χ2v) is 6.05. The van der Waals surface area contributed by atoms with Gasteiger partial charge in [0.1, 0.15) is 6.54 Å². The molecule has 1 N–H and O–H groups in total. The van der Waals surface area contributed by atoms with Crippen LogP contribution in [0.1, 0.15) is 42.6 Å². The molecule has 0 radical (unpaired) electrons. The Morgan fingerprint density at radius 2 is 2.00 bits per heavy atom. The standard InChI is InChI=1S/C15H24N4O/c1-11-14(9-16-13-5-6-13)12(2)19(17-11)10-15(20)18-7-3-4-8-18/h13,16H,3-10H2,1-2H3. The molecule has 1 amide bonds. The Morgan fingerprint density at radius 1 is 1.30 bits per heavy atom. The molecule has 5 heteroatoms. The van der Waals surface area contributed by atoms with Crippen LogP contribution in [0.2, 0.25) is 0 Å². The Balaban J connectivity index is 1.66. The number of carbonyl (C=O) groups excluding carboxylic acids is 1. The summed E-state index contributed by atoms with van der Waals surface area (Å²) in [5, 5.41) is 8.08. The van der Waals surface area contributed by atoms with Crippen molar-refractivity contribution in [1.29, 1.82) is 0 Å². The van der Waals surface area contributed by atoms with Crippen molar-refractivity contribution in [3.05, 3.63) is 17.0 Å². The van der Waals surface area contributed by atoms with Gasteiger partial charge in [-0.25, -0.2) is 0 Å². The van der Waals surface area contributed by atoms with Crippen molar-refractivity contribution in [2.75, 3.05) is 13.1 Å². The Morgan fingerprint density at radius 3 is 2.65 bits per heavy atom. The fraction of sp³-hybridized carbons (Fsp3) is 0.733. The highest BCUT2D eigenvalue weighted by Gasteiger charge is 2.23. The van der Waals surface area contributed by atoms with Crippen molar-refractivity contribution in [3.63, 3.8) is 0 Å². The molecular formula is C15H24N4O. The maximum Gasteiger partial charge on any atom is 0.244 e. The third-order valence-electron chi connectivity index (χ3n) is 4.42. The number of nitrogens with one attached hydrogen (secondary N) is 1. The van der Waals surface area contributed by atoms with Crippen molar-refractivity contribution < 1.29 is 4.79 Å². The molecule has 110 valence electrons. The van der Waals surface area contributed by atoms with Crippen molar-refractivity contribution in [1.82, 2.24) is 20.0 Å². The molecule has 0 unspecified atom stereocenters. The number of nitrogens with zero attached hydrogens (tertiary/aromatic N) is 3. The van der Waals surface area contributed by atoms with E-state index in [1.165, 1.54) is 18.4 Å². The summed E-state index contributed by atoms with van der Waals surface area (Å²) in [4.78, 5) is 14.2. The van der Waals surface area contributed by atoms with E-state index in [1.807, 2.05) is 16.5 Å². The van der Waals surface area contributed by atoms with Crippen LogP contribution in [0.3, 0.4) is 0 Å². The number of aromatic nitrogens is 2. The Kier molecular flexibility index (Phi) is 3.78. The predicted molar refractivity (Wildman–Crippen MR) is 77.4 cm³/mol. The predicted octanol–water partition coefficient (Wildman–Crippen LogP) is 1.37. The van der Waals surface area contributed by atoms with Crippen molar-refractivity contribution in [3.8, 4) is 0 Å². The van der Waals surface area contributed by atoms with E-state index in [0.717, 1.165) is 43.9 Å². The Bertz CT molecular complexity index is 498. The van der Waals surface area contributed by atoms with Gasteiger partial charge in [0.15, 0.2) is 0 Å². The van der Waals surface area contributed by atoms with E-state index in [1.54, 1.807) is 0 Å². The monoisotopic (exact) mass is 276 g/mol. The van der Waals surface area contributed by atoms with E-state index >= 15 is 0 Å². The van der Waals surface area contributed by atoms with E-state index in [9.17, 15) is 4.79 Å². The lowest BCUT2D eigenvalue weighted by Gasteiger charge is -2.15. The summed E-state index contributed by atoms with van der Waals surface area (Å²) in [7, 11) is 0. The zero-order valence-corrected chi connectivity index (χ0v) is 12.5. The van der Waals surface area contributed by atoms with Gasteiger partial charge >= 0.3 is 0 Å². The van der Waals surface area contributed by atoms with E-state index in [-0.39, 0.29) is 5.91 Å². The van der Waals surface area contributed by atoms with Gasteiger partial charge in [0, 0.05) is 36.9 Å². The molecule has 1 aliphatic carbocycles. The lowest BCUT2D eigenvalue weighted by atomic mass is 10.2. The summed E-state index contributed by atoms with van der Waals surface area (Å²) in [5.41, 5.74) is 3.43. The molecule has 1 aliphatic heterocycles. The number of hydrogen-bond acceptors (Lipinski definition) is 3. The highest BCUT2D eigenvalue weighted by Crippen LogP contribution is 2.21. The highest BCUT2D eigenvalue weighted by molar-refractivity contribution is 5.76. The van der Waals surface area contributed by atoms with Gasteiger partial charge in [-0.15, -0.1) is 0 Å². The highest BCUT2D eigenvalue weighted by atomic mass is 16.2. The molecule has 3 rings (SSSR count). The van der Waals surface area contributed by atoms with Crippen molar-refractivity contribution in [2.24, 2.45) is 0 Å². The summed E-state index contributed by atoms with van der Waals surface area (Å²) in [6.45, 7) is 7.19. The minimum Gasteiger partial charge on any atom is -0.341 e. The maximum absolute atomic E-state index is 12.2. The number of likely N-dealkylation sites (tertiary alicyclic amines) is 1. The molecule has 1 aromatic heterocycles. The minimum atomic E-state index is 0.204. The van der Waals surface area contributed by atoms with Crippen LogP contribution in [-0.2, 0) is 17.9 Å². The third-order valence-corrected chi connectivity index (χ3v) is 4.42. The first-order valence-corrected chi connectivity index (χ1v) is 7.69. The van der Waals surface area contributed by atoms with E-state index in [4.69, 9.17) is 0 Å². The first kappa shape index (κ1) is 13.6. The molecule has 2 aliphatic rings. The topological polar surface area (TPSA) is 50.2 Å². The van der Waals surface area contributed by atoms with Crippen LogP contribution in [0.25, 0.3) is 0 Å². The number of amides is 1. The lowest BCUT2D eigenvalue weighted by Crippen LogP contribution is -2.31. The van der Waals surface area contributed by atoms with Gasteiger partial charge < -0.3 is 10.2 Å². The maximum atomic E-state index is 12.2. The molecule has 2 fully saturated rings. The first-order valence-electron chi connectivity index (χ1n) is 7.69. The van der Waals surface area contributed by atoms with Crippen LogP contribution in [0.4, 0.5) is 0 Å². The summed E-state index contributed by atoms with van der Waals surface area (Å²) in [6.07, 6.45) is 4.86. The van der Waals surface area contributed by atoms with Gasteiger partial charge in [-0.1, -0.05) is 0 Å². The molecule has 0 spiro atoms. The van der Waals surface area contributed by atoms with Crippen LogP contribution in [0, 0.1) is 13.8 Å². The molecule has 1 saturated heterocycles. The summed E-state index contributed by atoms with van der Waals surface area (Å²) >= 11 is 0. The lowest BCUT2D eigenvalue weighted by molar-refractivity contribution is -0.130. The zero-order chi connectivity index (χ0) is 14.1. The second-order valence-electron chi connectivity index (χ2n) is 6.05. The average Bonchev–Trinajstić information content (AvgIpc) is 3.00. The number of hydrogen-bond donors (Lipinski definition) is 1. The zero-order valence-electron chi connectivity index (χ0n) is 12.5. The quantitative estimate of drug-likeness (QED) is 0.884. The molecule has 2 heterocycles. The van der Waals surface area contributed by atoms with Crippen LogP contribution in [0.5, 0.6) is 0 Å². The normalized spacial score (nSPS) is 18.8. The van der Waals surface area contributed by atoms with Gasteiger partial charge in [-0.3, -0.25) is 9.48 Å². The van der Waals surface area contributed by atoms with Crippen LogP contribution in [-0.4, -0.2) is 39.7 Å². The molecule has 0 bridgehead atoms. The smallest absolute Gasteiger partial charge is 0.244 e. The molecular weight excluding hydrogens is 252 g/mol. The first-order chi connectivity index (χ1) is 9.65. The number of rotatable bonds is 5.